The highest BCUT2D eigenvalue weighted by atomic mass is 19.1. The SMILES string of the molecule is O=C(N[C@H]1C[C@H](c2ccc(F)cc2F)C1)c1nccc(-n2ccnc2)n1. The first kappa shape index (κ1) is 16.3. The molecule has 0 spiro atoms. The van der Waals surface area contributed by atoms with E-state index < -0.39 is 11.6 Å². The molecule has 1 saturated carbocycles. The van der Waals surface area contributed by atoms with Crippen molar-refractivity contribution in [2.45, 2.75) is 24.8 Å². The van der Waals surface area contributed by atoms with Gasteiger partial charge in [-0.05, 0) is 36.5 Å². The Morgan fingerprint density at radius 2 is 2.04 bits per heavy atom. The first-order valence-corrected chi connectivity index (χ1v) is 8.17. The summed E-state index contributed by atoms with van der Waals surface area (Å²) >= 11 is 0. The summed E-state index contributed by atoms with van der Waals surface area (Å²) in [5, 5.41) is 2.85. The lowest BCUT2D eigenvalue weighted by Crippen LogP contribution is -2.44. The van der Waals surface area contributed by atoms with E-state index >= 15 is 0 Å². The number of nitrogens with zero attached hydrogens (tertiary/aromatic N) is 4. The molecule has 0 unspecified atom stereocenters. The number of amides is 1. The van der Waals surface area contributed by atoms with E-state index in [1.165, 1.54) is 18.3 Å². The van der Waals surface area contributed by atoms with E-state index in [2.05, 4.69) is 20.3 Å². The number of carbonyl (C=O) groups excluding carboxylic acids is 1. The van der Waals surface area contributed by atoms with Gasteiger partial charge in [0.15, 0.2) is 0 Å². The molecule has 4 rings (SSSR count). The third kappa shape index (κ3) is 3.17. The van der Waals surface area contributed by atoms with Crippen molar-refractivity contribution in [2.24, 2.45) is 0 Å². The molecule has 1 N–H and O–H groups in total. The van der Waals surface area contributed by atoms with Crippen LogP contribution in [-0.2, 0) is 0 Å². The maximum Gasteiger partial charge on any atom is 0.289 e. The van der Waals surface area contributed by atoms with E-state index in [0.29, 0.717) is 24.2 Å². The molecule has 0 aliphatic heterocycles. The fourth-order valence-corrected chi connectivity index (χ4v) is 3.07. The van der Waals surface area contributed by atoms with Gasteiger partial charge >= 0.3 is 0 Å². The Hall–Kier alpha value is -3.16. The van der Waals surface area contributed by atoms with Crippen molar-refractivity contribution in [3.63, 3.8) is 0 Å². The summed E-state index contributed by atoms with van der Waals surface area (Å²) in [6.07, 6.45) is 7.61. The summed E-state index contributed by atoms with van der Waals surface area (Å²) in [4.78, 5) is 24.5. The Bertz CT molecular complexity index is 939. The van der Waals surface area contributed by atoms with Crippen LogP contribution < -0.4 is 5.32 Å². The van der Waals surface area contributed by atoms with Crippen LogP contribution in [-0.4, -0.2) is 31.5 Å². The summed E-state index contributed by atoms with van der Waals surface area (Å²) in [6, 6.07) is 5.19. The molecule has 8 heteroatoms. The average molecular weight is 355 g/mol. The molecule has 1 aromatic carbocycles. The van der Waals surface area contributed by atoms with Gasteiger partial charge in [-0.15, -0.1) is 0 Å². The molecule has 132 valence electrons. The third-order valence-electron chi connectivity index (χ3n) is 4.49. The number of halogens is 2. The zero-order valence-electron chi connectivity index (χ0n) is 13.6. The largest absolute Gasteiger partial charge is 0.347 e. The van der Waals surface area contributed by atoms with Crippen molar-refractivity contribution in [3.05, 3.63) is 72.2 Å². The number of hydrogen-bond acceptors (Lipinski definition) is 4. The average Bonchev–Trinajstić information content (AvgIpc) is 3.13. The van der Waals surface area contributed by atoms with Crippen LogP contribution in [0.3, 0.4) is 0 Å². The van der Waals surface area contributed by atoms with E-state index in [1.807, 2.05) is 0 Å². The monoisotopic (exact) mass is 355 g/mol. The lowest BCUT2D eigenvalue weighted by atomic mass is 9.75. The molecular formula is C18H15F2N5O. The lowest BCUT2D eigenvalue weighted by molar-refractivity contribution is 0.0897. The number of imidazole rings is 1. The molecule has 2 heterocycles. The first-order chi connectivity index (χ1) is 12.6. The van der Waals surface area contributed by atoms with E-state index in [4.69, 9.17) is 0 Å². The molecule has 0 radical (unpaired) electrons. The molecule has 0 saturated heterocycles. The van der Waals surface area contributed by atoms with Gasteiger partial charge in [-0.2, -0.15) is 0 Å². The zero-order valence-corrected chi connectivity index (χ0v) is 13.6. The van der Waals surface area contributed by atoms with E-state index in [-0.39, 0.29) is 23.7 Å². The highest BCUT2D eigenvalue weighted by Gasteiger charge is 2.33. The minimum Gasteiger partial charge on any atom is -0.347 e. The summed E-state index contributed by atoms with van der Waals surface area (Å²) in [5.41, 5.74) is 0.482. The van der Waals surface area contributed by atoms with Crippen molar-refractivity contribution in [1.82, 2.24) is 24.8 Å². The zero-order chi connectivity index (χ0) is 18.1. The predicted molar refractivity (Wildman–Crippen MR) is 88.7 cm³/mol. The van der Waals surface area contributed by atoms with Crippen LogP contribution in [0, 0.1) is 11.6 Å². The van der Waals surface area contributed by atoms with E-state index in [0.717, 1.165) is 6.07 Å². The van der Waals surface area contributed by atoms with Crippen LogP contribution in [0.15, 0.2) is 49.2 Å². The molecular weight excluding hydrogens is 340 g/mol. The van der Waals surface area contributed by atoms with Crippen molar-refractivity contribution in [3.8, 4) is 5.82 Å². The van der Waals surface area contributed by atoms with Gasteiger partial charge in [0.25, 0.3) is 5.91 Å². The Morgan fingerprint density at radius 1 is 1.19 bits per heavy atom. The van der Waals surface area contributed by atoms with Gasteiger partial charge in [-0.1, -0.05) is 6.07 Å². The normalized spacial score (nSPS) is 19.0. The van der Waals surface area contributed by atoms with Gasteiger partial charge in [0, 0.05) is 30.7 Å². The quantitative estimate of drug-likeness (QED) is 0.781. The van der Waals surface area contributed by atoms with Gasteiger partial charge in [0.1, 0.15) is 23.8 Å². The standard InChI is InChI=1S/C18H15F2N5O/c19-12-1-2-14(15(20)9-12)11-7-13(8-11)23-18(26)17-22-4-3-16(24-17)25-6-5-21-10-25/h1-6,9-11,13H,7-8H2,(H,23,26)/t11-,13-. The topological polar surface area (TPSA) is 72.7 Å². The fourth-order valence-electron chi connectivity index (χ4n) is 3.07. The molecule has 2 aromatic heterocycles. The second-order valence-electron chi connectivity index (χ2n) is 6.21. The second kappa shape index (κ2) is 6.62. The second-order valence-corrected chi connectivity index (χ2v) is 6.21. The van der Waals surface area contributed by atoms with Crippen LogP contribution in [0.4, 0.5) is 8.78 Å². The summed E-state index contributed by atoms with van der Waals surface area (Å²) in [6.45, 7) is 0. The predicted octanol–water partition coefficient (Wildman–Crippen LogP) is 2.62. The number of carbonyl (C=O) groups is 1. The Kier molecular flexibility index (Phi) is 4.16. The summed E-state index contributed by atoms with van der Waals surface area (Å²) in [7, 11) is 0. The van der Waals surface area contributed by atoms with Gasteiger partial charge in [-0.3, -0.25) is 9.36 Å². The number of hydrogen-bond donors (Lipinski definition) is 1. The molecule has 6 nitrogen and oxygen atoms in total. The molecule has 1 fully saturated rings. The molecule has 1 aliphatic carbocycles. The van der Waals surface area contributed by atoms with Crippen LogP contribution in [0.1, 0.15) is 34.9 Å². The van der Waals surface area contributed by atoms with Gasteiger partial charge in [0.05, 0.1) is 0 Å². The Labute approximate surface area is 147 Å². The first-order valence-electron chi connectivity index (χ1n) is 8.17. The number of nitrogens with one attached hydrogen (secondary N) is 1. The molecule has 0 bridgehead atoms. The summed E-state index contributed by atoms with van der Waals surface area (Å²) < 4.78 is 28.5. The molecule has 3 aromatic rings. The van der Waals surface area contributed by atoms with Crippen molar-refractivity contribution in [1.29, 1.82) is 0 Å². The van der Waals surface area contributed by atoms with E-state index in [9.17, 15) is 13.6 Å². The van der Waals surface area contributed by atoms with Gasteiger partial charge in [0.2, 0.25) is 5.82 Å². The van der Waals surface area contributed by atoms with Gasteiger partial charge in [-0.25, -0.2) is 23.7 Å². The number of aromatic nitrogens is 4. The van der Waals surface area contributed by atoms with Crippen LogP contribution >= 0.6 is 0 Å². The molecule has 1 amide bonds. The molecule has 0 atom stereocenters. The smallest absolute Gasteiger partial charge is 0.289 e. The highest BCUT2D eigenvalue weighted by molar-refractivity contribution is 5.90. The van der Waals surface area contributed by atoms with Crippen molar-refractivity contribution >= 4 is 5.91 Å². The Balaban J connectivity index is 1.39. The Morgan fingerprint density at radius 3 is 2.77 bits per heavy atom. The molecule has 1 aliphatic rings. The minimum atomic E-state index is -0.592. The number of benzene rings is 1. The summed E-state index contributed by atoms with van der Waals surface area (Å²) in [5.74, 6) is -0.939. The highest BCUT2D eigenvalue weighted by Crippen LogP contribution is 2.38. The van der Waals surface area contributed by atoms with Gasteiger partial charge < -0.3 is 5.32 Å². The fraction of sp³-hybridized carbons (Fsp3) is 0.222. The van der Waals surface area contributed by atoms with Crippen LogP contribution in [0.5, 0.6) is 0 Å². The third-order valence-corrected chi connectivity index (χ3v) is 4.49. The van der Waals surface area contributed by atoms with Crippen molar-refractivity contribution in [2.75, 3.05) is 0 Å². The molecule has 26 heavy (non-hydrogen) atoms. The van der Waals surface area contributed by atoms with E-state index in [1.54, 1.807) is 29.4 Å². The minimum absolute atomic E-state index is 0.0286. The lowest BCUT2D eigenvalue weighted by Gasteiger charge is -2.36. The van der Waals surface area contributed by atoms with Crippen LogP contribution in [0.2, 0.25) is 0 Å². The number of rotatable bonds is 4. The van der Waals surface area contributed by atoms with Crippen LogP contribution in [0.25, 0.3) is 5.82 Å². The van der Waals surface area contributed by atoms with Crippen molar-refractivity contribution < 1.29 is 13.6 Å². The maximum absolute atomic E-state index is 13.8. The maximum atomic E-state index is 13.8.